The van der Waals surface area contributed by atoms with Gasteiger partial charge in [0.05, 0.1) is 6.10 Å². The predicted molar refractivity (Wildman–Crippen MR) is 68.7 cm³/mol. The Bertz CT molecular complexity index is 246. The van der Waals surface area contributed by atoms with Crippen LogP contribution >= 0.6 is 0 Å². The molecular weight excluding hydrogens is 216 g/mol. The second-order valence-electron chi connectivity index (χ2n) is 4.96. The lowest BCUT2D eigenvalue weighted by atomic mass is 9.79. The zero-order chi connectivity index (χ0) is 12.7. The van der Waals surface area contributed by atoms with Crippen LogP contribution < -0.4 is 11.1 Å². The van der Waals surface area contributed by atoms with E-state index in [1.54, 1.807) is 0 Å². The topological polar surface area (TPSA) is 64.3 Å². The lowest BCUT2D eigenvalue weighted by Crippen LogP contribution is -2.59. The normalized spacial score (nSPS) is 29.2. The highest BCUT2D eigenvalue weighted by Gasteiger charge is 2.41. The van der Waals surface area contributed by atoms with Crippen LogP contribution in [0.15, 0.2) is 0 Å². The van der Waals surface area contributed by atoms with Gasteiger partial charge in [-0.3, -0.25) is 4.79 Å². The van der Waals surface area contributed by atoms with Crippen LogP contribution in [-0.4, -0.2) is 30.7 Å². The molecule has 17 heavy (non-hydrogen) atoms. The maximum Gasteiger partial charge on any atom is 0.237 e. The fraction of sp³-hybridized carbons (Fsp3) is 0.923. The lowest BCUT2D eigenvalue weighted by molar-refractivity contribution is -0.128. The largest absolute Gasteiger partial charge is 0.378 e. The quantitative estimate of drug-likeness (QED) is 0.712. The molecule has 0 aromatic heterocycles. The second kappa shape index (κ2) is 6.97. The zero-order valence-electron chi connectivity index (χ0n) is 11.1. The van der Waals surface area contributed by atoms with Crippen LogP contribution in [0.1, 0.15) is 52.4 Å². The van der Waals surface area contributed by atoms with E-state index in [-0.39, 0.29) is 12.0 Å². The fourth-order valence-corrected chi connectivity index (χ4v) is 2.49. The summed E-state index contributed by atoms with van der Waals surface area (Å²) in [6.45, 7) is 5.80. The minimum absolute atomic E-state index is 0.181. The van der Waals surface area contributed by atoms with Crippen molar-refractivity contribution >= 4 is 5.91 Å². The third-order valence-corrected chi connectivity index (χ3v) is 3.45. The average molecular weight is 242 g/mol. The molecule has 1 saturated carbocycles. The number of rotatable bonds is 7. The van der Waals surface area contributed by atoms with Crippen LogP contribution in [0.25, 0.3) is 0 Å². The summed E-state index contributed by atoms with van der Waals surface area (Å²) in [7, 11) is 0. The minimum Gasteiger partial charge on any atom is -0.378 e. The Hall–Kier alpha value is -0.610. The summed E-state index contributed by atoms with van der Waals surface area (Å²) in [4.78, 5) is 11.7. The molecule has 4 nitrogen and oxygen atoms in total. The van der Waals surface area contributed by atoms with E-state index < -0.39 is 5.54 Å². The number of nitrogens with two attached hydrogens (primary N) is 1. The Labute approximate surface area is 104 Å². The Morgan fingerprint density at radius 2 is 2.24 bits per heavy atom. The summed E-state index contributed by atoms with van der Waals surface area (Å²) in [5, 5.41) is 3.34. The van der Waals surface area contributed by atoms with Gasteiger partial charge < -0.3 is 15.8 Å². The van der Waals surface area contributed by atoms with Gasteiger partial charge in [-0.1, -0.05) is 13.8 Å². The summed E-state index contributed by atoms with van der Waals surface area (Å²) < 4.78 is 5.77. The molecule has 1 amide bonds. The molecule has 1 aliphatic rings. The summed E-state index contributed by atoms with van der Waals surface area (Å²) >= 11 is 0. The highest BCUT2D eigenvalue weighted by atomic mass is 16.5. The first-order chi connectivity index (χ1) is 8.14. The summed E-state index contributed by atoms with van der Waals surface area (Å²) in [5.74, 6) is -0.226. The van der Waals surface area contributed by atoms with Crippen LogP contribution in [0.5, 0.6) is 0 Å². The number of carbonyl (C=O) groups excluding carboxylic acids is 1. The van der Waals surface area contributed by atoms with Crippen molar-refractivity contribution < 1.29 is 9.53 Å². The van der Waals surface area contributed by atoms with Crippen molar-refractivity contribution in [2.75, 3.05) is 13.2 Å². The molecule has 0 aliphatic heterocycles. The molecule has 4 heteroatoms. The van der Waals surface area contributed by atoms with Crippen molar-refractivity contribution in [3.63, 3.8) is 0 Å². The molecule has 0 bridgehead atoms. The van der Waals surface area contributed by atoms with Gasteiger partial charge in [0.1, 0.15) is 5.54 Å². The lowest BCUT2D eigenvalue weighted by Gasteiger charge is -2.39. The smallest absolute Gasteiger partial charge is 0.237 e. The van der Waals surface area contributed by atoms with Gasteiger partial charge in [0, 0.05) is 13.0 Å². The minimum atomic E-state index is -0.535. The summed E-state index contributed by atoms with van der Waals surface area (Å²) in [5.41, 5.74) is 5.04. The molecule has 2 atom stereocenters. The molecule has 0 spiro atoms. The molecule has 0 heterocycles. The number of carbonyl (C=O) groups is 1. The molecule has 0 aromatic carbocycles. The Balaban J connectivity index is 2.59. The van der Waals surface area contributed by atoms with E-state index >= 15 is 0 Å². The van der Waals surface area contributed by atoms with E-state index in [4.69, 9.17) is 10.5 Å². The fourth-order valence-electron chi connectivity index (χ4n) is 2.49. The molecular formula is C13H26N2O2. The monoisotopic (exact) mass is 242 g/mol. The van der Waals surface area contributed by atoms with Crippen molar-refractivity contribution in [3.05, 3.63) is 0 Å². The summed E-state index contributed by atoms with van der Waals surface area (Å²) in [6.07, 6.45) is 5.83. The molecule has 0 radical (unpaired) electrons. The molecule has 1 rings (SSSR count). The maximum atomic E-state index is 11.7. The van der Waals surface area contributed by atoms with Gasteiger partial charge in [-0.25, -0.2) is 0 Å². The van der Waals surface area contributed by atoms with E-state index in [1.807, 2.05) is 0 Å². The highest BCUT2D eigenvalue weighted by molar-refractivity contribution is 5.84. The third kappa shape index (κ3) is 3.96. The van der Waals surface area contributed by atoms with Gasteiger partial charge in [-0.15, -0.1) is 0 Å². The number of hydrogen-bond acceptors (Lipinski definition) is 3. The molecule has 100 valence electrons. The van der Waals surface area contributed by atoms with Crippen molar-refractivity contribution in [2.45, 2.75) is 64.0 Å². The van der Waals surface area contributed by atoms with Crippen molar-refractivity contribution in [1.82, 2.24) is 5.32 Å². The second-order valence-corrected chi connectivity index (χ2v) is 4.96. The summed E-state index contributed by atoms with van der Waals surface area (Å²) in [6, 6.07) is 0. The van der Waals surface area contributed by atoms with Gasteiger partial charge in [0.2, 0.25) is 5.91 Å². The van der Waals surface area contributed by atoms with E-state index in [0.29, 0.717) is 0 Å². The van der Waals surface area contributed by atoms with E-state index in [0.717, 1.165) is 51.7 Å². The van der Waals surface area contributed by atoms with Gasteiger partial charge in [-0.2, -0.15) is 0 Å². The number of primary amides is 1. The molecule has 0 aromatic rings. The highest BCUT2D eigenvalue weighted by Crippen LogP contribution is 2.30. The van der Waals surface area contributed by atoms with Crippen LogP contribution in [0.3, 0.4) is 0 Å². The van der Waals surface area contributed by atoms with Gasteiger partial charge in [0.25, 0.3) is 0 Å². The molecule has 1 aliphatic carbocycles. The maximum absolute atomic E-state index is 11.7. The Morgan fingerprint density at radius 1 is 1.47 bits per heavy atom. The number of hydrogen-bond donors (Lipinski definition) is 2. The van der Waals surface area contributed by atoms with Crippen LogP contribution in [0.2, 0.25) is 0 Å². The van der Waals surface area contributed by atoms with Gasteiger partial charge >= 0.3 is 0 Å². The van der Waals surface area contributed by atoms with Crippen LogP contribution in [0, 0.1) is 0 Å². The number of nitrogens with one attached hydrogen (secondary N) is 1. The first-order valence-corrected chi connectivity index (χ1v) is 6.81. The van der Waals surface area contributed by atoms with Crippen LogP contribution in [-0.2, 0) is 9.53 Å². The molecule has 3 N–H and O–H groups in total. The first kappa shape index (κ1) is 14.5. The van der Waals surface area contributed by atoms with E-state index in [9.17, 15) is 4.79 Å². The third-order valence-electron chi connectivity index (χ3n) is 3.45. The van der Waals surface area contributed by atoms with Crippen molar-refractivity contribution in [1.29, 1.82) is 0 Å². The van der Waals surface area contributed by atoms with Gasteiger partial charge in [-0.05, 0) is 38.6 Å². The Kier molecular flexibility index (Phi) is 5.92. The Morgan fingerprint density at radius 3 is 2.82 bits per heavy atom. The van der Waals surface area contributed by atoms with Crippen molar-refractivity contribution in [2.24, 2.45) is 5.73 Å². The SMILES string of the molecule is CCCNC1(C(N)=O)CCCC(OCCC)C1. The zero-order valence-corrected chi connectivity index (χ0v) is 11.1. The predicted octanol–water partition coefficient (Wildman–Crippen LogP) is 1.58. The van der Waals surface area contributed by atoms with E-state index in [2.05, 4.69) is 19.2 Å². The molecule has 0 saturated heterocycles. The molecule has 2 unspecified atom stereocenters. The molecule has 1 fully saturated rings. The number of amides is 1. The van der Waals surface area contributed by atoms with Gasteiger partial charge in [0.15, 0.2) is 0 Å². The standard InChI is InChI=1S/C13H26N2O2/c1-3-8-15-13(12(14)16)7-5-6-11(10-13)17-9-4-2/h11,15H,3-10H2,1-2H3,(H2,14,16). The number of ether oxygens (including phenoxy) is 1. The van der Waals surface area contributed by atoms with Crippen LogP contribution in [0.4, 0.5) is 0 Å². The van der Waals surface area contributed by atoms with E-state index in [1.165, 1.54) is 0 Å². The van der Waals surface area contributed by atoms with Crippen molar-refractivity contribution in [3.8, 4) is 0 Å². The first-order valence-electron chi connectivity index (χ1n) is 6.81. The average Bonchev–Trinajstić information content (AvgIpc) is 2.34.